The van der Waals surface area contributed by atoms with Crippen molar-refractivity contribution in [2.45, 2.75) is 103 Å². The Balaban J connectivity index is 1.63. The first-order valence-corrected chi connectivity index (χ1v) is 12.0. The molecule has 1 atom stereocenters. The van der Waals surface area contributed by atoms with E-state index in [9.17, 15) is 14.3 Å². The van der Waals surface area contributed by atoms with Crippen LogP contribution in [0.15, 0.2) is 18.2 Å². The predicted octanol–water partition coefficient (Wildman–Crippen LogP) is 7.37. The Hall–Kier alpha value is -1.38. The fraction of sp³-hybridized carbons (Fsp3) is 0.731. The number of hydrogen-bond donors (Lipinski definition) is 1. The summed E-state index contributed by atoms with van der Waals surface area (Å²) in [5, 5.41) is 9.99. The largest absolute Gasteiger partial charge is 0.508 e. The average molecular weight is 403 g/mol. The molecule has 2 saturated carbocycles. The van der Waals surface area contributed by atoms with Crippen LogP contribution in [-0.4, -0.2) is 10.9 Å². The molecule has 0 heterocycles. The van der Waals surface area contributed by atoms with Gasteiger partial charge >= 0.3 is 0 Å². The molecule has 1 N–H and O–H groups in total. The number of ketones is 1. The molecule has 0 aliphatic heterocycles. The maximum atomic E-state index is 13.4. The van der Waals surface area contributed by atoms with Gasteiger partial charge in [0, 0.05) is 17.9 Å². The number of phenols is 1. The van der Waals surface area contributed by atoms with Crippen LogP contribution in [-0.2, 0) is 11.2 Å². The van der Waals surface area contributed by atoms with E-state index < -0.39 is 5.82 Å². The lowest BCUT2D eigenvalue weighted by Gasteiger charge is -2.35. The molecule has 0 unspecified atom stereocenters. The monoisotopic (exact) mass is 402 g/mol. The summed E-state index contributed by atoms with van der Waals surface area (Å²) in [4.78, 5) is 13.4. The van der Waals surface area contributed by atoms with E-state index in [1.165, 1.54) is 76.7 Å². The summed E-state index contributed by atoms with van der Waals surface area (Å²) in [7, 11) is 0. The number of rotatable bonds is 9. The zero-order chi connectivity index (χ0) is 20.7. The van der Waals surface area contributed by atoms with Crippen molar-refractivity contribution in [2.24, 2.45) is 17.3 Å². The first-order chi connectivity index (χ1) is 14.0. The second kappa shape index (κ2) is 10.6. The summed E-state index contributed by atoms with van der Waals surface area (Å²) < 4.78 is 13.2. The van der Waals surface area contributed by atoms with E-state index in [4.69, 9.17) is 0 Å². The molecule has 2 nitrogen and oxygen atoms in total. The molecule has 2 aliphatic carbocycles. The number of phenolic OH excluding ortho intramolecular Hbond substituents is 1. The summed E-state index contributed by atoms with van der Waals surface area (Å²) in [6, 6.07) is 4.12. The maximum Gasteiger partial charge on any atom is 0.139 e. The highest BCUT2D eigenvalue weighted by Gasteiger charge is 2.36. The van der Waals surface area contributed by atoms with Crippen LogP contribution in [0.25, 0.3) is 0 Å². The van der Waals surface area contributed by atoms with E-state index in [2.05, 4.69) is 6.92 Å². The number of hydrogen-bond acceptors (Lipinski definition) is 2. The van der Waals surface area contributed by atoms with Crippen molar-refractivity contribution in [1.82, 2.24) is 0 Å². The Labute approximate surface area is 176 Å². The molecule has 162 valence electrons. The van der Waals surface area contributed by atoms with Crippen molar-refractivity contribution in [1.29, 1.82) is 0 Å². The first kappa shape index (κ1) is 22.3. The molecular formula is C26H39FO2. The van der Waals surface area contributed by atoms with Gasteiger partial charge in [-0.15, -0.1) is 0 Å². The Kier molecular flexibility index (Phi) is 8.15. The Morgan fingerprint density at radius 2 is 1.66 bits per heavy atom. The normalized spacial score (nSPS) is 21.0. The molecule has 0 saturated heterocycles. The lowest BCUT2D eigenvalue weighted by molar-refractivity contribution is -0.129. The maximum absolute atomic E-state index is 13.4. The van der Waals surface area contributed by atoms with Gasteiger partial charge in [0.15, 0.2) is 0 Å². The molecule has 0 bridgehead atoms. The van der Waals surface area contributed by atoms with Gasteiger partial charge in [-0.3, -0.25) is 4.79 Å². The lowest BCUT2D eigenvalue weighted by atomic mass is 9.68. The molecule has 2 fully saturated rings. The third-order valence-corrected chi connectivity index (χ3v) is 7.63. The number of benzene rings is 1. The fourth-order valence-electron chi connectivity index (χ4n) is 5.68. The number of halogens is 1. The average Bonchev–Trinajstić information content (AvgIpc) is 2.73. The first-order valence-electron chi connectivity index (χ1n) is 12.0. The molecule has 3 heteroatoms. The van der Waals surface area contributed by atoms with Crippen LogP contribution in [0.3, 0.4) is 0 Å². The minimum Gasteiger partial charge on any atom is -0.508 e. The molecule has 3 rings (SSSR count). The molecule has 0 radical (unpaired) electrons. The second-order valence-electron chi connectivity index (χ2n) is 10.0. The van der Waals surface area contributed by atoms with Crippen LogP contribution in [0.1, 0.15) is 102 Å². The van der Waals surface area contributed by atoms with Crippen molar-refractivity contribution in [3.63, 3.8) is 0 Å². The zero-order valence-corrected chi connectivity index (χ0v) is 18.2. The smallest absolute Gasteiger partial charge is 0.139 e. The van der Waals surface area contributed by atoms with Crippen LogP contribution in [0, 0.1) is 23.1 Å². The van der Waals surface area contributed by atoms with Gasteiger partial charge in [-0.25, -0.2) is 4.39 Å². The molecule has 0 spiro atoms. The molecule has 0 aromatic heterocycles. The summed E-state index contributed by atoms with van der Waals surface area (Å²) >= 11 is 0. The number of carbonyl (C=O) groups excluding carboxylic acids is 1. The summed E-state index contributed by atoms with van der Waals surface area (Å²) in [5.41, 5.74) is 0.418. The third kappa shape index (κ3) is 6.55. The van der Waals surface area contributed by atoms with E-state index in [0.717, 1.165) is 24.8 Å². The molecule has 1 aromatic carbocycles. The van der Waals surface area contributed by atoms with E-state index in [1.807, 2.05) is 0 Å². The number of carbonyl (C=O) groups is 1. The highest BCUT2D eigenvalue weighted by Crippen LogP contribution is 2.41. The van der Waals surface area contributed by atoms with Crippen molar-refractivity contribution < 1.29 is 14.3 Å². The third-order valence-electron chi connectivity index (χ3n) is 7.63. The molecule has 0 amide bonds. The van der Waals surface area contributed by atoms with Gasteiger partial charge in [0.05, 0.1) is 0 Å². The molecule has 1 aromatic rings. The zero-order valence-electron chi connectivity index (χ0n) is 18.2. The van der Waals surface area contributed by atoms with Gasteiger partial charge in [-0.2, -0.15) is 0 Å². The Bertz CT molecular complexity index is 659. The minimum absolute atomic E-state index is 0.0333. The van der Waals surface area contributed by atoms with Crippen LogP contribution >= 0.6 is 0 Å². The predicted molar refractivity (Wildman–Crippen MR) is 117 cm³/mol. The quantitative estimate of drug-likeness (QED) is 0.468. The van der Waals surface area contributed by atoms with Crippen molar-refractivity contribution >= 4 is 5.78 Å². The van der Waals surface area contributed by atoms with E-state index >= 15 is 0 Å². The number of Topliss-reactive ketones (excluding diaryl/α,β-unsaturated/α-hetero) is 1. The Morgan fingerprint density at radius 3 is 2.28 bits per heavy atom. The second-order valence-corrected chi connectivity index (χ2v) is 10.0. The highest BCUT2D eigenvalue weighted by atomic mass is 19.1. The van der Waals surface area contributed by atoms with Crippen molar-refractivity contribution in [3.8, 4) is 5.75 Å². The highest BCUT2D eigenvalue weighted by molar-refractivity contribution is 5.84. The van der Waals surface area contributed by atoms with Gasteiger partial charge in [0.2, 0.25) is 0 Å². The van der Waals surface area contributed by atoms with Gasteiger partial charge in [-0.1, -0.05) is 77.2 Å². The van der Waals surface area contributed by atoms with Crippen LogP contribution in [0.4, 0.5) is 4.39 Å². The topological polar surface area (TPSA) is 37.3 Å². The molecular weight excluding hydrogens is 363 g/mol. The van der Waals surface area contributed by atoms with Crippen molar-refractivity contribution in [2.75, 3.05) is 0 Å². The molecule has 29 heavy (non-hydrogen) atoms. The fourth-order valence-corrected chi connectivity index (χ4v) is 5.68. The molecule has 2 aliphatic rings. The van der Waals surface area contributed by atoms with Gasteiger partial charge in [-0.05, 0) is 49.1 Å². The number of aromatic hydroxyl groups is 1. The van der Waals surface area contributed by atoms with E-state index in [-0.39, 0.29) is 11.2 Å². The van der Waals surface area contributed by atoms with Gasteiger partial charge in [0.25, 0.3) is 0 Å². The van der Waals surface area contributed by atoms with Gasteiger partial charge < -0.3 is 5.11 Å². The summed E-state index contributed by atoms with van der Waals surface area (Å²) in [5.74, 6) is 1.34. The SMILES string of the molecule is C[C@](CCC1CCCCC1)(CC1CCCCC1)C(=O)CCc1ccc(F)cc1O. The van der Waals surface area contributed by atoms with E-state index in [0.29, 0.717) is 30.1 Å². The Morgan fingerprint density at radius 1 is 1.03 bits per heavy atom. The summed E-state index contributed by atoms with van der Waals surface area (Å²) in [6.07, 6.45) is 17.4. The van der Waals surface area contributed by atoms with Crippen LogP contribution < -0.4 is 0 Å². The van der Waals surface area contributed by atoms with Crippen LogP contribution in [0.2, 0.25) is 0 Å². The lowest BCUT2D eigenvalue weighted by Crippen LogP contribution is -2.32. The standard InChI is InChI=1S/C26H39FO2/c1-26(19-21-10-6-3-7-11-21,17-16-20-8-4-2-5-9-20)25(29)15-13-22-12-14-23(27)18-24(22)28/h12,14,18,20-21,28H,2-11,13,15-17,19H2,1H3/t26-/m0/s1. The summed E-state index contributed by atoms with van der Waals surface area (Å²) in [6.45, 7) is 2.21. The van der Waals surface area contributed by atoms with Gasteiger partial charge in [0.1, 0.15) is 17.3 Å². The van der Waals surface area contributed by atoms with E-state index in [1.54, 1.807) is 6.07 Å². The number of aryl methyl sites for hydroxylation is 1. The van der Waals surface area contributed by atoms with Crippen molar-refractivity contribution in [3.05, 3.63) is 29.6 Å². The van der Waals surface area contributed by atoms with Crippen LogP contribution in [0.5, 0.6) is 5.75 Å². The minimum atomic E-state index is -0.438.